The lowest BCUT2D eigenvalue weighted by Gasteiger charge is -2.17. The van der Waals surface area contributed by atoms with Crippen LogP contribution in [0.3, 0.4) is 0 Å². The third-order valence-corrected chi connectivity index (χ3v) is 4.97. The summed E-state index contributed by atoms with van der Waals surface area (Å²) < 4.78 is 6.93. The van der Waals surface area contributed by atoms with E-state index in [1.165, 1.54) is 0 Å². The molecule has 0 saturated carbocycles. The molecule has 0 N–H and O–H groups in total. The predicted molar refractivity (Wildman–Crippen MR) is 93.5 cm³/mol. The number of ether oxygens (including phenoxy) is 1. The Morgan fingerprint density at radius 1 is 1.29 bits per heavy atom. The SMILES string of the molecule is Cc1ccc(OC2CCN(C(=O)c3ccc4ncsc4c3)C2)nc1. The van der Waals surface area contributed by atoms with Gasteiger partial charge < -0.3 is 9.64 Å². The van der Waals surface area contributed by atoms with Crippen LogP contribution >= 0.6 is 11.3 Å². The van der Waals surface area contributed by atoms with Gasteiger partial charge in [0, 0.05) is 30.8 Å². The third kappa shape index (κ3) is 2.97. The van der Waals surface area contributed by atoms with Crippen LogP contribution in [0.5, 0.6) is 5.88 Å². The maximum Gasteiger partial charge on any atom is 0.254 e. The minimum absolute atomic E-state index is 0.00343. The molecule has 3 aromatic rings. The molecule has 1 aliphatic rings. The Kier molecular flexibility index (Phi) is 3.90. The van der Waals surface area contributed by atoms with Crippen LogP contribution < -0.4 is 4.74 Å². The molecule has 1 atom stereocenters. The molecule has 1 unspecified atom stereocenters. The predicted octanol–water partition coefficient (Wildman–Crippen LogP) is 3.29. The fourth-order valence-corrected chi connectivity index (χ4v) is 3.59. The highest BCUT2D eigenvalue weighted by atomic mass is 32.1. The number of nitrogens with zero attached hydrogens (tertiary/aromatic N) is 3. The molecule has 1 aromatic carbocycles. The van der Waals surface area contributed by atoms with E-state index in [4.69, 9.17) is 4.74 Å². The average Bonchev–Trinajstić information content (AvgIpc) is 3.24. The van der Waals surface area contributed by atoms with Crippen molar-refractivity contribution >= 4 is 27.5 Å². The van der Waals surface area contributed by atoms with E-state index in [9.17, 15) is 4.79 Å². The second-order valence-corrected chi connectivity index (χ2v) is 6.87. The molecule has 4 rings (SSSR count). The van der Waals surface area contributed by atoms with Crippen LogP contribution in [0.4, 0.5) is 0 Å². The maximum absolute atomic E-state index is 12.7. The first-order valence-corrected chi connectivity index (χ1v) is 8.79. The van der Waals surface area contributed by atoms with Crippen molar-refractivity contribution in [2.24, 2.45) is 0 Å². The molecule has 6 heteroatoms. The van der Waals surface area contributed by atoms with Gasteiger partial charge in [0.25, 0.3) is 5.91 Å². The molecule has 1 amide bonds. The van der Waals surface area contributed by atoms with Gasteiger partial charge in [-0.1, -0.05) is 6.07 Å². The first kappa shape index (κ1) is 15.1. The van der Waals surface area contributed by atoms with Crippen LogP contribution in [-0.2, 0) is 0 Å². The average molecular weight is 339 g/mol. The van der Waals surface area contributed by atoms with Gasteiger partial charge in [0.2, 0.25) is 5.88 Å². The van der Waals surface area contributed by atoms with Crippen molar-refractivity contribution in [3.8, 4) is 5.88 Å². The highest BCUT2D eigenvalue weighted by Crippen LogP contribution is 2.22. The van der Waals surface area contributed by atoms with Gasteiger partial charge in [-0.25, -0.2) is 9.97 Å². The fraction of sp³-hybridized carbons (Fsp3) is 0.278. The molecule has 1 aliphatic heterocycles. The second-order valence-electron chi connectivity index (χ2n) is 5.99. The number of amides is 1. The number of hydrogen-bond donors (Lipinski definition) is 0. The lowest BCUT2D eigenvalue weighted by molar-refractivity contribution is 0.0771. The number of carbonyl (C=O) groups is 1. The number of aryl methyl sites for hydroxylation is 1. The van der Waals surface area contributed by atoms with Crippen LogP contribution in [0.2, 0.25) is 0 Å². The van der Waals surface area contributed by atoms with Gasteiger partial charge in [0.05, 0.1) is 22.3 Å². The van der Waals surface area contributed by atoms with Crippen molar-refractivity contribution in [3.05, 3.63) is 53.2 Å². The fourth-order valence-electron chi connectivity index (χ4n) is 2.87. The molecule has 0 radical (unpaired) electrons. The summed E-state index contributed by atoms with van der Waals surface area (Å²) in [5, 5.41) is 0. The molecule has 2 aromatic heterocycles. The highest BCUT2D eigenvalue weighted by Gasteiger charge is 2.28. The number of hydrogen-bond acceptors (Lipinski definition) is 5. The van der Waals surface area contributed by atoms with E-state index in [2.05, 4.69) is 9.97 Å². The van der Waals surface area contributed by atoms with Gasteiger partial charge in [0.1, 0.15) is 6.10 Å². The van der Waals surface area contributed by atoms with E-state index in [0.29, 0.717) is 24.5 Å². The zero-order valence-electron chi connectivity index (χ0n) is 13.3. The molecule has 1 fully saturated rings. The summed E-state index contributed by atoms with van der Waals surface area (Å²) in [6.07, 6.45) is 2.61. The van der Waals surface area contributed by atoms with Crippen LogP contribution in [0.15, 0.2) is 42.0 Å². The van der Waals surface area contributed by atoms with Crippen LogP contribution in [-0.4, -0.2) is 40.0 Å². The van der Waals surface area contributed by atoms with Gasteiger partial charge in [-0.05, 0) is 30.7 Å². The third-order valence-electron chi connectivity index (χ3n) is 4.18. The number of aromatic nitrogens is 2. The minimum atomic E-state index is -0.00343. The second kappa shape index (κ2) is 6.20. The van der Waals surface area contributed by atoms with Gasteiger partial charge in [-0.15, -0.1) is 11.3 Å². The highest BCUT2D eigenvalue weighted by molar-refractivity contribution is 7.16. The van der Waals surface area contributed by atoms with Crippen molar-refractivity contribution in [2.75, 3.05) is 13.1 Å². The molecule has 0 spiro atoms. The van der Waals surface area contributed by atoms with E-state index in [1.807, 2.05) is 42.2 Å². The van der Waals surface area contributed by atoms with Crippen LogP contribution in [0, 0.1) is 6.92 Å². The van der Waals surface area contributed by atoms with Gasteiger partial charge in [-0.3, -0.25) is 4.79 Å². The van der Waals surface area contributed by atoms with Crippen molar-refractivity contribution in [2.45, 2.75) is 19.4 Å². The lowest BCUT2D eigenvalue weighted by Crippen LogP contribution is -2.31. The Labute approximate surface area is 143 Å². The van der Waals surface area contributed by atoms with Gasteiger partial charge >= 0.3 is 0 Å². The number of fused-ring (bicyclic) bond motifs is 1. The number of pyridine rings is 1. The molecule has 5 nitrogen and oxygen atoms in total. The Morgan fingerprint density at radius 2 is 2.21 bits per heavy atom. The van der Waals surface area contributed by atoms with Crippen LogP contribution in [0.1, 0.15) is 22.3 Å². The number of rotatable bonds is 3. The molecule has 0 bridgehead atoms. The van der Waals surface area contributed by atoms with Crippen molar-refractivity contribution < 1.29 is 9.53 Å². The number of benzene rings is 1. The number of carbonyl (C=O) groups excluding carboxylic acids is 1. The molecular weight excluding hydrogens is 322 g/mol. The summed E-state index contributed by atoms with van der Waals surface area (Å²) in [6, 6.07) is 9.52. The van der Waals surface area contributed by atoms with Crippen LogP contribution in [0.25, 0.3) is 10.2 Å². The van der Waals surface area contributed by atoms with Crippen molar-refractivity contribution in [3.63, 3.8) is 0 Å². The largest absolute Gasteiger partial charge is 0.472 e. The normalized spacial score (nSPS) is 17.4. The molecule has 3 heterocycles. The molecule has 0 aliphatic carbocycles. The van der Waals surface area contributed by atoms with Crippen molar-refractivity contribution in [1.29, 1.82) is 0 Å². The van der Waals surface area contributed by atoms with E-state index in [1.54, 1.807) is 23.0 Å². The van der Waals surface area contributed by atoms with Crippen molar-refractivity contribution in [1.82, 2.24) is 14.9 Å². The first-order valence-electron chi connectivity index (χ1n) is 7.91. The smallest absolute Gasteiger partial charge is 0.254 e. The molecule has 1 saturated heterocycles. The van der Waals surface area contributed by atoms with E-state index in [0.717, 1.165) is 22.2 Å². The summed E-state index contributed by atoms with van der Waals surface area (Å²) in [6.45, 7) is 3.29. The Hall–Kier alpha value is -2.47. The lowest BCUT2D eigenvalue weighted by atomic mass is 10.2. The topological polar surface area (TPSA) is 55.3 Å². The minimum Gasteiger partial charge on any atom is -0.472 e. The quantitative estimate of drug-likeness (QED) is 0.735. The zero-order chi connectivity index (χ0) is 16.5. The van der Waals surface area contributed by atoms with Gasteiger partial charge in [0.15, 0.2) is 0 Å². The maximum atomic E-state index is 12.7. The monoisotopic (exact) mass is 339 g/mol. The molecule has 122 valence electrons. The van der Waals surface area contributed by atoms with Gasteiger partial charge in [-0.2, -0.15) is 0 Å². The standard InChI is InChI=1S/C18H17N3O2S/c1-12-2-5-17(19-9-12)23-14-6-7-21(10-14)18(22)13-3-4-15-16(8-13)24-11-20-15/h2-5,8-9,11,14H,6-7,10H2,1H3. The van der Waals surface area contributed by atoms with E-state index in [-0.39, 0.29) is 12.0 Å². The molecule has 24 heavy (non-hydrogen) atoms. The Balaban J connectivity index is 1.43. The summed E-state index contributed by atoms with van der Waals surface area (Å²) >= 11 is 1.55. The van der Waals surface area contributed by atoms with E-state index >= 15 is 0 Å². The Bertz CT molecular complexity index is 875. The number of thiazole rings is 1. The zero-order valence-corrected chi connectivity index (χ0v) is 14.1. The van der Waals surface area contributed by atoms with E-state index < -0.39 is 0 Å². The summed E-state index contributed by atoms with van der Waals surface area (Å²) in [5.74, 6) is 0.666. The molecular formula is C18H17N3O2S. The summed E-state index contributed by atoms with van der Waals surface area (Å²) in [5.41, 5.74) is 4.54. The summed E-state index contributed by atoms with van der Waals surface area (Å²) in [4.78, 5) is 23.1. The Morgan fingerprint density at radius 3 is 3.04 bits per heavy atom. The number of likely N-dealkylation sites (tertiary alicyclic amines) is 1. The first-order chi connectivity index (χ1) is 11.7. The summed E-state index contributed by atoms with van der Waals surface area (Å²) in [7, 11) is 0.